The molecule has 0 saturated heterocycles. The van der Waals surface area contributed by atoms with Crippen LogP contribution in [0.4, 0.5) is 0 Å². The van der Waals surface area contributed by atoms with Crippen LogP contribution >= 0.6 is 15.9 Å². The molecule has 1 aromatic heterocycles. The molecule has 0 amide bonds. The highest BCUT2D eigenvalue weighted by molar-refractivity contribution is 9.10. The predicted molar refractivity (Wildman–Crippen MR) is 54.6 cm³/mol. The lowest BCUT2D eigenvalue weighted by molar-refractivity contribution is 0.281. The number of halogens is 1. The second kappa shape index (κ2) is 3.16. The molecule has 3 heteroatoms. The molecule has 13 heavy (non-hydrogen) atoms. The first kappa shape index (κ1) is 8.78. The summed E-state index contributed by atoms with van der Waals surface area (Å²) in [5, 5.41) is 10.1. The van der Waals surface area contributed by atoms with Crippen LogP contribution in [0, 0.1) is 6.92 Å². The Morgan fingerprint density at radius 2 is 2.31 bits per heavy atom. The Bertz CT molecular complexity index is 445. The van der Waals surface area contributed by atoms with Gasteiger partial charge in [0.15, 0.2) is 0 Å². The normalized spacial score (nSPS) is 11.0. The fourth-order valence-electron chi connectivity index (χ4n) is 1.45. The van der Waals surface area contributed by atoms with E-state index in [1.165, 1.54) is 0 Å². The lowest BCUT2D eigenvalue weighted by atomic mass is 10.1. The van der Waals surface area contributed by atoms with Crippen LogP contribution in [0.15, 0.2) is 27.3 Å². The molecular formula is C10H9BrO2. The van der Waals surface area contributed by atoms with Gasteiger partial charge in [-0.3, -0.25) is 0 Å². The van der Waals surface area contributed by atoms with Crippen molar-refractivity contribution in [3.63, 3.8) is 0 Å². The molecule has 0 radical (unpaired) electrons. The summed E-state index contributed by atoms with van der Waals surface area (Å²) in [5.74, 6) is 0. The largest absolute Gasteiger partial charge is 0.463 e. The summed E-state index contributed by atoms with van der Waals surface area (Å²) < 4.78 is 6.19. The van der Waals surface area contributed by atoms with Crippen LogP contribution in [0.25, 0.3) is 11.0 Å². The monoisotopic (exact) mass is 240 g/mol. The molecule has 0 aliphatic carbocycles. The zero-order valence-corrected chi connectivity index (χ0v) is 8.76. The Labute approximate surface area is 84.3 Å². The van der Waals surface area contributed by atoms with Gasteiger partial charge in [-0.2, -0.15) is 0 Å². The van der Waals surface area contributed by atoms with E-state index in [1.807, 2.05) is 19.1 Å². The first-order valence-corrected chi connectivity index (χ1v) is 4.79. The molecule has 1 aromatic carbocycles. The average Bonchev–Trinajstić information content (AvgIpc) is 2.60. The summed E-state index contributed by atoms with van der Waals surface area (Å²) in [4.78, 5) is 0. The molecule has 0 saturated carbocycles. The van der Waals surface area contributed by atoms with E-state index in [9.17, 15) is 0 Å². The van der Waals surface area contributed by atoms with Gasteiger partial charge in [0.05, 0.1) is 17.3 Å². The van der Waals surface area contributed by atoms with E-state index in [4.69, 9.17) is 9.52 Å². The average molecular weight is 241 g/mol. The van der Waals surface area contributed by atoms with E-state index in [1.54, 1.807) is 6.26 Å². The standard InChI is InChI=1S/C10H9BrO2/c1-6-7(5-12)4-9(11)10-8(6)2-3-13-10/h2-4,12H,5H2,1H3. The Kier molecular flexibility index (Phi) is 2.14. The molecule has 0 atom stereocenters. The second-order valence-electron chi connectivity index (χ2n) is 2.96. The molecule has 0 bridgehead atoms. The number of benzene rings is 1. The Morgan fingerprint density at radius 1 is 1.54 bits per heavy atom. The molecule has 0 unspecified atom stereocenters. The van der Waals surface area contributed by atoms with Crippen molar-refractivity contribution in [2.24, 2.45) is 0 Å². The van der Waals surface area contributed by atoms with Gasteiger partial charge in [0.25, 0.3) is 0 Å². The van der Waals surface area contributed by atoms with Crippen LogP contribution in [0.2, 0.25) is 0 Å². The molecule has 0 spiro atoms. The third-order valence-electron chi connectivity index (χ3n) is 2.24. The van der Waals surface area contributed by atoms with Crippen LogP contribution in [-0.4, -0.2) is 5.11 Å². The maximum Gasteiger partial charge on any atom is 0.148 e. The molecular weight excluding hydrogens is 232 g/mol. The Balaban J connectivity index is 2.85. The first-order valence-electron chi connectivity index (χ1n) is 4.00. The molecule has 2 rings (SSSR count). The van der Waals surface area contributed by atoms with Gasteiger partial charge >= 0.3 is 0 Å². The number of rotatable bonds is 1. The minimum absolute atomic E-state index is 0.0611. The van der Waals surface area contributed by atoms with Crippen molar-refractivity contribution in [1.82, 2.24) is 0 Å². The summed E-state index contributed by atoms with van der Waals surface area (Å²) in [6, 6.07) is 3.80. The maximum absolute atomic E-state index is 9.09. The Morgan fingerprint density at radius 3 is 3.00 bits per heavy atom. The zero-order chi connectivity index (χ0) is 9.42. The molecule has 68 valence electrons. The van der Waals surface area contributed by atoms with E-state index in [2.05, 4.69) is 15.9 Å². The van der Waals surface area contributed by atoms with Crippen LogP contribution in [-0.2, 0) is 6.61 Å². The van der Waals surface area contributed by atoms with Gasteiger partial charge in [-0.1, -0.05) is 0 Å². The molecule has 0 aliphatic rings. The van der Waals surface area contributed by atoms with Crippen molar-refractivity contribution in [1.29, 1.82) is 0 Å². The van der Waals surface area contributed by atoms with Crippen molar-refractivity contribution < 1.29 is 9.52 Å². The quantitative estimate of drug-likeness (QED) is 0.832. The summed E-state index contributed by atoms with van der Waals surface area (Å²) in [7, 11) is 0. The first-order chi connectivity index (χ1) is 6.24. The van der Waals surface area contributed by atoms with Crippen LogP contribution in [0.5, 0.6) is 0 Å². The van der Waals surface area contributed by atoms with Crippen LogP contribution in [0.3, 0.4) is 0 Å². The second-order valence-corrected chi connectivity index (χ2v) is 3.82. The van der Waals surface area contributed by atoms with Gasteiger partial charge in [0.2, 0.25) is 0 Å². The van der Waals surface area contributed by atoms with E-state index < -0.39 is 0 Å². The summed E-state index contributed by atoms with van der Waals surface area (Å²) in [5.41, 5.74) is 2.85. The van der Waals surface area contributed by atoms with E-state index >= 15 is 0 Å². The third kappa shape index (κ3) is 1.28. The van der Waals surface area contributed by atoms with Crippen molar-refractivity contribution in [3.8, 4) is 0 Å². The van der Waals surface area contributed by atoms with E-state index in [0.717, 1.165) is 26.6 Å². The molecule has 1 heterocycles. The molecule has 2 nitrogen and oxygen atoms in total. The van der Waals surface area contributed by atoms with Gasteiger partial charge in [0, 0.05) is 5.39 Å². The number of hydrogen-bond donors (Lipinski definition) is 1. The fraction of sp³-hybridized carbons (Fsp3) is 0.200. The van der Waals surface area contributed by atoms with E-state index in [-0.39, 0.29) is 6.61 Å². The summed E-state index contributed by atoms with van der Waals surface area (Å²) in [6.07, 6.45) is 1.66. The zero-order valence-electron chi connectivity index (χ0n) is 7.17. The predicted octanol–water partition coefficient (Wildman–Crippen LogP) is 3.00. The lowest BCUT2D eigenvalue weighted by Crippen LogP contribution is -1.89. The molecule has 0 fully saturated rings. The minimum Gasteiger partial charge on any atom is -0.463 e. The SMILES string of the molecule is Cc1c(CO)cc(Br)c2occc12. The smallest absolute Gasteiger partial charge is 0.148 e. The number of furan rings is 1. The maximum atomic E-state index is 9.09. The van der Waals surface area contributed by atoms with Gasteiger partial charge in [-0.05, 0) is 46.1 Å². The number of aliphatic hydroxyl groups is 1. The number of fused-ring (bicyclic) bond motifs is 1. The van der Waals surface area contributed by atoms with Gasteiger partial charge in [0.1, 0.15) is 5.58 Å². The molecule has 0 aliphatic heterocycles. The van der Waals surface area contributed by atoms with Crippen molar-refractivity contribution >= 4 is 26.9 Å². The van der Waals surface area contributed by atoms with Crippen LogP contribution < -0.4 is 0 Å². The summed E-state index contributed by atoms with van der Waals surface area (Å²) in [6.45, 7) is 2.04. The topological polar surface area (TPSA) is 33.4 Å². The fourth-order valence-corrected chi connectivity index (χ4v) is 2.04. The van der Waals surface area contributed by atoms with Crippen molar-refractivity contribution in [3.05, 3.63) is 34.0 Å². The van der Waals surface area contributed by atoms with Crippen molar-refractivity contribution in [2.45, 2.75) is 13.5 Å². The van der Waals surface area contributed by atoms with E-state index in [0.29, 0.717) is 0 Å². The van der Waals surface area contributed by atoms with Gasteiger partial charge in [-0.25, -0.2) is 0 Å². The highest BCUT2D eigenvalue weighted by Crippen LogP contribution is 2.30. The minimum atomic E-state index is 0.0611. The lowest BCUT2D eigenvalue weighted by Gasteiger charge is -2.04. The highest BCUT2D eigenvalue weighted by Gasteiger charge is 2.08. The number of aliphatic hydroxyl groups excluding tert-OH is 1. The third-order valence-corrected chi connectivity index (χ3v) is 2.83. The number of hydrogen-bond acceptors (Lipinski definition) is 2. The van der Waals surface area contributed by atoms with Crippen molar-refractivity contribution in [2.75, 3.05) is 0 Å². The number of aryl methyl sites for hydroxylation is 1. The van der Waals surface area contributed by atoms with Crippen LogP contribution in [0.1, 0.15) is 11.1 Å². The van der Waals surface area contributed by atoms with Gasteiger partial charge < -0.3 is 9.52 Å². The highest BCUT2D eigenvalue weighted by atomic mass is 79.9. The molecule has 1 N–H and O–H groups in total. The summed E-state index contributed by atoms with van der Waals surface area (Å²) >= 11 is 3.40. The Hall–Kier alpha value is -0.800. The molecule has 2 aromatic rings. The van der Waals surface area contributed by atoms with Gasteiger partial charge in [-0.15, -0.1) is 0 Å².